The molecule has 1 N–H and O–H groups in total. The van der Waals surface area contributed by atoms with E-state index in [2.05, 4.69) is 40.7 Å². The van der Waals surface area contributed by atoms with E-state index < -0.39 is 0 Å². The van der Waals surface area contributed by atoms with Crippen molar-refractivity contribution in [3.63, 3.8) is 0 Å². The molecule has 1 heteroatoms. The fraction of sp³-hybridized carbons (Fsp3) is 0.667. The van der Waals surface area contributed by atoms with E-state index in [1.807, 2.05) is 12.1 Å². The smallest absolute Gasteiger partial charge is 0.119 e. The van der Waals surface area contributed by atoms with Gasteiger partial charge in [-0.15, -0.1) is 0 Å². The highest BCUT2D eigenvalue weighted by Gasteiger charge is 2.17. The molecular formula is C18H30O. The van der Waals surface area contributed by atoms with Crippen LogP contribution in [0, 0.1) is 0 Å². The number of phenols is 1. The molecule has 0 fully saturated rings. The number of hydrogen-bond donors (Lipinski definition) is 1. The average molecular weight is 262 g/mol. The SMILES string of the molecule is CCCCCCC(C)c1cc(C(C)(C)C)ccc1O. The summed E-state index contributed by atoms with van der Waals surface area (Å²) in [4.78, 5) is 0. The van der Waals surface area contributed by atoms with Crippen LogP contribution in [0.15, 0.2) is 18.2 Å². The largest absolute Gasteiger partial charge is 0.508 e. The average Bonchev–Trinajstić information content (AvgIpc) is 2.33. The summed E-state index contributed by atoms with van der Waals surface area (Å²) >= 11 is 0. The van der Waals surface area contributed by atoms with E-state index in [0.717, 1.165) is 5.56 Å². The van der Waals surface area contributed by atoms with E-state index in [9.17, 15) is 5.11 Å². The zero-order chi connectivity index (χ0) is 14.5. The minimum absolute atomic E-state index is 0.143. The summed E-state index contributed by atoms with van der Waals surface area (Å²) in [5, 5.41) is 10.1. The first-order chi connectivity index (χ1) is 8.86. The molecule has 0 heterocycles. The van der Waals surface area contributed by atoms with Crippen LogP contribution in [0.3, 0.4) is 0 Å². The summed E-state index contributed by atoms with van der Waals surface area (Å²) in [6.07, 6.45) is 6.33. The minimum Gasteiger partial charge on any atom is -0.508 e. The first kappa shape index (κ1) is 16.1. The maximum absolute atomic E-state index is 10.1. The maximum Gasteiger partial charge on any atom is 0.119 e. The van der Waals surface area contributed by atoms with E-state index in [1.165, 1.54) is 37.7 Å². The molecule has 1 aromatic rings. The number of aromatic hydroxyl groups is 1. The maximum atomic E-state index is 10.1. The van der Waals surface area contributed by atoms with E-state index in [-0.39, 0.29) is 5.41 Å². The lowest BCUT2D eigenvalue weighted by Crippen LogP contribution is -2.11. The second kappa shape index (κ2) is 6.98. The van der Waals surface area contributed by atoms with Gasteiger partial charge in [0, 0.05) is 0 Å². The predicted molar refractivity (Wildman–Crippen MR) is 84.0 cm³/mol. The number of phenolic OH excluding ortho intramolecular Hbond substituents is 1. The van der Waals surface area contributed by atoms with Gasteiger partial charge in [-0.1, -0.05) is 72.4 Å². The molecule has 19 heavy (non-hydrogen) atoms. The van der Waals surface area contributed by atoms with Crippen molar-refractivity contribution in [1.82, 2.24) is 0 Å². The zero-order valence-electron chi connectivity index (χ0n) is 13.3. The molecule has 1 unspecified atom stereocenters. The molecule has 0 aromatic heterocycles. The van der Waals surface area contributed by atoms with Gasteiger partial charge in [0.1, 0.15) is 5.75 Å². The molecule has 0 bridgehead atoms. The Labute approximate surface area is 119 Å². The van der Waals surface area contributed by atoms with Gasteiger partial charge in [0.2, 0.25) is 0 Å². The normalized spacial score (nSPS) is 13.5. The van der Waals surface area contributed by atoms with Crippen LogP contribution in [0.5, 0.6) is 5.75 Å². The Morgan fingerprint density at radius 1 is 1.11 bits per heavy atom. The first-order valence-electron chi connectivity index (χ1n) is 7.69. The third kappa shape index (κ3) is 4.89. The lowest BCUT2D eigenvalue weighted by atomic mass is 9.83. The van der Waals surface area contributed by atoms with Gasteiger partial charge >= 0.3 is 0 Å². The van der Waals surface area contributed by atoms with Crippen LogP contribution in [-0.4, -0.2) is 5.11 Å². The Balaban J connectivity index is 2.75. The van der Waals surface area contributed by atoms with Crippen molar-refractivity contribution < 1.29 is 5.11 Å². The van der Waals surface area contributed by atoms with E-state index >= 15 is 0 Å². The summed E-state index contributed by atoms with van der Waals surface area (Å²) in [6, 6.07) is 6.10. The van der Waals surface area contributed by atoms with Gasteiger partial charge in [-0.2, -0.15) is 0 Å². The van der Waals surface area contributed by atoms with Crippen molar-refractivity contribution in [3.05, 3.63) is 29.3 Å². The number of benzene rings is 1. The Kier molecular flexibility index (Phi) is 5.90. The summed E-state index contributed by atoms with van der Waals surface area (Å²) in [7, 11) is 0. The van der Waals surface area contributed by atoms with Gasteiger partial charge in [-0.05, 0) is 34.9 Å². The molecule has 1 rings (SSSR count). The zero-order valence-corrected chi connectivity index (χ0v) is 13.3. The number of rotatable bonds is 6. The van der Waals surface area contributed by atoms with Gasteiger partial charge < -0.3 is 5.11 Å². The van der Waals surface area contributed by atoms with Crippen LogP contribution in [0.1, 0.15) is 83.8 Å². The molecule has 1 atom stereocenters. The van der Waals surface area contributed by atoms with Crippen molar-refractivity contribution in [2.45, 2.75) is 78.1 Å². The number of unbranched alkanes of at least 4 members (excludes halogenated alkanes) is 3. The molecule has 0 radical (unpaired) electrons. The monoisotopic (exact) mass is 262 g/mol. The lowest BCUT2D eigenvalue weighted by molar-refractivity contribution is 0.456. The fourth-order valence-electron chi connectivity index (χ4n) is 2.45. The van der Waals surface area contributed by atoms with Crippen LogP contribution in [-0.2, 0) is 5.41 Å². The van der Waals surface area contributed by atoms with Gasteiger partial charge in [0.25, 0.3) is 0 Å². The van der Waals surface area contributed by atoms with Crippen molar-refractivity contribution in [3.8, 4) is 5.75 Å². The quantitative estimate of drug-likeness (QED) is 0.646. The highest BCUT2D eigenvalue weighted by molar-refractivity contribution is 5.40. The van der Waals surface area contributed by atoms with Gasteiger partial charge in [0.15, 0.2) is 0 Å². The topological polar surface area (TPSA) is 20.2 Å². The summed E-state index contributed by atoms with van der Waals surface area (Å²) in [6.45, 7) is 11.1. The van der Waals surface area contributed by atoms with Crippen LogP contribution < -0.4 is 0 Å². The highest BCUT2D eigenvalue weighted by Crippen LogP contribution is 2.33. The summed E-state index contributed by atoms with van der Waals surface area (Å²) < 4.78 is 0. The molecule has 1 aromatic carbocycles. The second-order valence-corrected chi connectivity index (χ2v) is 6.77. The van der Waals surface area contributed by atoms with E-state index in [1.54, 1.807) is 0 Å². The minimum atomic E-state index is 0.143. The molecule has 1 nitrogen and oxygen atoms in total. The van der Waals surface area contributed by atoms with Crippen molar-refractivity contribution in [1.29, 1.82) is 0 Å². The third-order valence-electron chi connectivity index (χ3n) is 3.92. The van der Waals surface area contributed by atoms with Gasteiger partial charge in [-0.25, -0.2) is 0 Å². The Morgan fingerprint density at radius 2 is 1.79 bits per heavy atom. The molecule has 0 saturated carbocycles. The van der Waals surface area contributed by atoms with Gasteiger partial charge in [-0.3, -0.25) is 0 Å². The molecular weight excluding hydrogens is 232 g/mol. The predicted octanol–water partition coefficient (Wildman–Crippen LogP) is 5.76. The highest BCUT2D eigenvalue weighted by atomic mass is 16.3. The Morgan fingerprint density at radius 3 is 2.37 bits per heavy atom. The molecule has 0 aliphatic rings. The van der Waals surface area contributed by atoms with Gasteiger partial charge in [0.05, 0.1) is 0 Å². The Hall–Kier alpha value is -0.980. The fourth-order valence-corrected chi connectivity index (χ4v) is 2.45. The molecule has 0 aliphatic heterocycles. The third-order valence-corrected chi connectivity index (χ3v) is 3.92. The molecule has 0 saturated heterocycles. The molecule has 0 spiro atoms. The van der Waals surface area contributed by atoms with Crippen molar-refractivity contribution in [2.24, 2.45) is 0 Å². The second-order valence-electron chi connectivity index (χ2n) is 6.77. The van der Waals surface area contributed by atoms with Crippen molar-refractivity contribution in [2.75, 3.05) is 0 Å². The van der Waals surface area contributed by atoms with Crippen molar-refractivity contribution >= 4 is 0 Å². The number of hydrogen-bond acceptors (Lipinski definition) is 1. The Bertz CT molecular complexity index is 387. The molecule has 0 aliphatic carbocycles. The lowest BCUT2D eigenvalue weighted by Gasteiger charge is -2.22. The van der Waals surface area contributed by atoms with Crippen LogP contribution in [0.4, 0.5) is 0 Å². The molecule has 108 valence electrons. The van der Waals surface area contributed by atoms with E-state index in [0.29, 0.717) is 11.7 Å². The van der Waals surface area contributed by atoms with Crippen LogP contribution in [0.2, 0.25) is 0 Å². The van der Waals surface area contributed by atoms with Crippen LogP contribution >= 0.6 is 0 Å². The standard InChI is InChI=1S/C18H30O/c1-6-7-8-9-10-14(2)16-13-15(18(3,4)5)11-12-17(16)19/h11-14,19H,6-10H2,1-5H3. The summed E-state index contributed by atoms with van der Waals surface area (Å²) in [5.74, 6) is 0.898. The van der Waals surface area contributed by atoms with Crippen LogP contribution in [0.25, 0.3) is 0 Å². The first-order valence-corrected chi connectivity index (χ1v) is 7.69. The summed E-state index contributed by atoms with van der Waals surface area (Å²) in [5.41, 5.74) is 2.56. The molecule has 0 amide bonds. The van der Waals surface area contributed by atoms with E-state index in [4.69, 9.17) is 0 Å².